The van der Waals surface area contributed by atoms with Gasteiger partial charge in [-0.1, -0.05) is 22.9 Å². The van der Waals surface area contributed by atoms with Crippen molar-refractivity contribution >= 4 is 15.9 Å². The number of rotatable bonds is 2. The van der Waals surface area contributed by atoms with Crippen molar-refractivity contribution < 1.29 is 9.52 Å². The highest BCUT2D eigenvalue weighted by atomic mass is 79.9. The van der Waals surface area contributed by atoms with Crippen molar-refractivity contribution in [3.63, 3.8) is 0 Å². The largest absolute Gasteiger partial charge is 0.507 e. The van der Waals surface area contributed by atoms with E-state index in [1.165, 1.54) is 0 Å². The molecule has 0 atom stereocenters. The lowest BCUT2D eigenvalue weighted by Crippen LogP contribution is -1.82. The first kappa shape index (κ1) is 10.2. The second kappa shape index (κ2) is 4.06. The minimum atomic E-state index is 0.169. The Morgan fingerprint density at radius 1 is 1.47 bits per heavy atom. The van der Waals surface area contributed by atoms with E-state index in [9.17, 15) is 5.11 Å². The number of halogens is 1. The van der Waals surface area contributed by atoms with Crippen molar-refractivity contribution in [2.75, 3.05) is 0 Å². The second-order valence-corrected chi connectivity index (χ2v) is 4.07. The lowest BCUT2D eigenvalue weighted by Gasteiger charge is -1.99. The van der Waals surface area contributed by atoms with E-state index in [4.69, 9.17) is 4.42 Å². The highest BCUT2D eigenvalue weighted by molar-refractivity contribution is 9.10. The van der Waals surface area contributed by atoms with Gasteiger partial charge in [-0.25, -0.2) is 4.98 Å². The van der Waals surface area contributed by atoms with E-state index in [1.54, 1.807) is 24.5 Å². The molecule has 0 amide bonds. The van der Waals surface area contributed by atoms with Gasteiger partial charge in [-0.3, -0.25) is 0 Å². The van der Waals surface area contributed by atoms with E-state index in [0.717, 1.165) is 16.6 Å². The van der Waals surface area contributed by atoms with Gasteiger partial charge < -0.3 is 9.52 Å². The molecule has 0 bridgehead atoms. The fourth-order valence-corrected chi connectivity index (χ4v) is 1.63. The van der Waals surface area contributed by atoms with Crippen LogP contribution in [0.4, 0.5) is 0 Å². The molecule has 0 fully saturated rings. The molecule has 1 aromatic carbocycles. The quantitative estimate of drug-likeness (QED) is 0.908. The normalized spacial score (nSPS) is 10.5. The summed E-state index contributed by atoms with van der Waals surface area (Å²) in [5, 5.41) is 9.65. The van der Waals surface area contributed by atoms with Crippen LogP contribution in [0.3, 0.4) is 0 Å². The average Bonchev–Trinajstić information content (AvgIpc) is 2.70. The topological polar surface area (TPSA) is 46.3 Å². The van der Waals surface area contributed by atoms with Gasteiger partial charge in [0.15, 0.2) is 0 Å². The predicted molar refractivity (Wildman–Crippen MR) is 60.7 cm³/mol. The van der Waals surface area contributed by atoms with E-state index in [0.29, 0.717) is 11.5 Å². The van der Waals surface area contributed by atoms with Crippen LogP contribution in [-0.4, -0.2) is 10.1 Å². The number of hydrogen-bond acceptors (Lipinski definition) is 3. The Morgan fingerprint density at radius 2 is 2.27 bits per heavy atom. The van der Waals surface area contributed by atoms with Crippen LogP contribution < -0.4 is 0 Å². The lowest BCUT2D eigenvalue weighted by molar-refractivity contribution is 0.472. The molecule has 1 aromatic heterocycles. The fourth-order valence-electron chi connectivity index (χ4n) is 1.27. The number of nitrogens with zero attached hydrogens (tertiary/aromatic N) is 1. The zero-order valence-corrected chi connectivity index (χ0v) is 9.78. The van der Waals surface area contributed by atoms with Crippen LogP contribution in [0.15, 0.2) is 33.4 Å². The highest BCUT2D eigenvalue weighted by Crippen LogP contribution is 2.31. The Balaban J connectivity index is 2.48. The monoisotopic (exact) mass is 267 g/mol. The molecule has 78 valence electrons. The number of phenols is 1. The van der Waals surface area contributed by atoms with E-state index in [-0.39, 0.29) is 5.75 Å². The first-order valence-electron chi connectivity index (χ1n) is 4.64. The van der Waals surface area contributed by atoms with Gasteiger partial charge in [-0.2, -0.15) is 0 Å². The summed E-state index contributed by atoms with van der Waals surface area (Å²) in [6.07, 6.45) is 2.42. The minimum Gasteiger partial charge on any atom is -0.507 e. The molecule has 0 aliphatic rings. The van der Waals surface area contributed by atoms with Gasteiger partial charge in [-0.15, -0.1) is 0 Å². The molecule has 0 aliphatic carbocycles. The lowest BCUT2D eigenvalue weighted by atomic mass is 10.2. The predicted octanol–water partition coefficient (Wildman–Crippen LogP) is 3.37. The van der Waals surface area contributed by atoms with E-state index in [1.807, 2.05) is 6.92 Å². The Hall–Kier alpha value is -1.29. The molecule has 15 heavy (non-hydrogen) atoms. The summed E-state index contributed by atoms with van der Waals surface area (Å²) in [6, 6.07) is 5.15. The number of oxazole rings is 1. The van der Waals surface area contributed by atoms with Crippen molar-refractivity contribution in [1.29, 1.82) is 0 Å². The molecule has 0 aliphatic heterocycles. The van der Waals surface area contributed by atoms with Crippen LogP contribution in [0, 0.1) is 0 Å². The molecule has 3 nitrogen and oxygen atoms in total. The molecule has 0 unspecified atom stereocenters. The third kappa shape index (κ3) is 2.04. The maximum Gasteiger partial charge on any atom is 0.229 e. The van der Waals surface area contributed by atoms with Gasteiger partial charge in [0.1, 0.15) is 12.0 Å². The molecular formula is C11H10BrNO2. The van der Waals surface area contributed by atoms with Crippen molar-refractivity contribution in [1.82, 2.24) is 4.98 Å². The van der Waals surface area contributed by atoms with Gasteiger partial charge in [0.05, 0.1) is 11.3 Å². The summed E-state index contributed by atoms with van der Waals surface area (Å²) in [6.45, 7) is 2.00. The minimum absolute atomic E-state index is 0.169. The number of aryl methyl sites for hydroxylation is 1. The van der Waals surface area contributed by atoms with Gasteiger partial charge in [0.25, 0.3) is 0 Å². The Bertz CT molecular complexity index is 479. The maximum atomic E-state index is 9.65. The summed E-state index contributed by atoms with van der Waals surface area (Å²) in [7, 11) is 0. The van der Waals surface area contributed by atoms with Crippen molar-refractivity contribution in [3.8, 4) is 17.2 Å². The first-order valence-corrected chi connectivity index (χ1v) is 5.43. The molecule has 2 rings (SSSR count). The summed E-state index contributed by atoms with van der Waals surface area (Å²) < 4.78 is 6.17. The van der Waals surface area contributed by atoms with E-state index in [2.05, 4.69) is 20.9 Å². The Morgan fingerprint density at radius 3 is 2.93 bits per heavy atom. The number of hydrogen-bond donors (Lipinski definition) is 1. The smallest absolute Gasteiger partial charge is 0.229 e. The molecule has 1 heterocycles. The number of phenolic OH excluding ortho intramolecular Hbond substituents is 1. The van der Waals surface area contributed by atoms with Gasteiger partial charge >= 0.3 is 0 Å². The number of aromatic nitrogens is 1. The molecule has 4 heteroatoms. The average molecular weight is 268 g/mol. The Kier molecular flexibility index (Phi) is 2.77. The molecule has 0 radical (unpaired) electrons. The second-order valence-electron chi connectivity index (χ2n) is 3.16. The zero-order chi connectivity index (χ0) is 10.8. The van der Waals surface area contributed by atoms with Gasteiger partial charge in [-0.05, 0) is 24.6 Å². The van der Waals surface area contributed by atoms with Crippen molar-refractivity contribution in [2.24, 2.45) is 0 Å². The van der Waals surface area contributed by atoms with Gasteiger partial charge in [0.2, 0.25) is 5.89 Å². The standard InChI is InChI=1S/C11H10BrNO2/c1-2-8-6-15-11(13-8)9-5-7(12)3-4-10(9)14/h3-6,14H,2H2,1H3. The van der Waals surface area contributed by atoms with E-state index < -0.39 is 0 Å². The third-order valence-electron chi connectivity index (χ3n) is 2.10. The van der Waals surface area contributed by atoms with Crippen molar-refractivity contribution in [2.45, 2.75) is 13.3 Å². The molecule has 1 N–H and O–H groups in total. The van der Waals surface area contributed by atoms with Crippen LogP contribution in [0.2, 0.25) is 0 Å². The number of aromatic hydroxyl groups is 1. The molecule has 0 saturated carbocycles. The van der Waals surface area contributed by atoms with Crippen LogP contribution in [0.1, 0.15) is 12.6 Å². The van der Waals surface area contributed by atoms with Crippen LogP contribution in [-0.2, 0) is 6.42 Å². The fraction of sp³-hybridized carbons (Fsp3) is 0.182. The molecular weight excluding hydrogens is 258 g/mol. The number of benzene rings is 1. The molecule has 2 aromatic rings. The first-order chi connectivity index (χ1) is 7.20. The maximum absolute atomic E-state index is 9.65. The van der Waals surface area contributed by atoms with Crippen molar-refractivity contribution in [3.05, 3.63) is 34.6 Å². The summed E-state index contributed by atoms with van der Waals surface area (Å²) in [4.78, 5) is 4.25. The third-order valence-corrected chi connectivity index (χ3v) is 2.60. The SMILES string of the molecule is CCc1coc(-c2cc(Br)ccc2O)n1. The van der Waals surface area contributed by atoms with E-state index >= 15 is 0 Å². The highest BCUT2D eigenvalue weighted by Gasteiger charge is 2.10. The molecule has 0 saturated heterocycles. The summed E-state index contributed by atoms with van der Waals surface area (Å²) in [5.41, 5.74) is 1.48. The van der Waals surface area contributed by atoms with Gasteiger partial charge in [0, 0.05) is 4.47 Å². The van der Waals surface area contributed by atoms with Crippen LogP contribution in [0.5, 0.6) is 5.75 Å². The van der Waals surface area contributed by atoms with Crippen LogP contribution in [0.25, 0.3) is 11.5 Å². The van der Waals surface area contributed by atoms with Crippen LogP contribution >= 0.6 is 15.9 Å². The summed E-state index contributed by atoms with van der Waals surface area (Å²) in [5.74, 6) is 0.619. The zero-order valence-electron chi connectivity index (χ0n) is 8.20. The Labute approximate surface area is 95.9 Å². The molecule has 0 spiro atoms. The summed E-state index contributed by atoms with van der Waals surface area (Å²) >= 11 is 3.34.